The van der Waals surface area contributed by atoms with Crippen LogP contribution in [0.3, 0.4) is 0 Å². The van der Waals surface area contributed by atoms with Crippen LogP contribution in [0.4, 0.5) is 0 Å². The lowest BCUT2D eigenvalue weighted by Crippen LogP contribution is -2.48. The van der Waals surface area contributed by atoms with Crippen LogP contribution in [0.5, 0.6) is 0 Å². The van der Waals surface area contributed by atoms with Crippen LogP contribution in [-0.2, 0) is 23.9 Å². The summed E-state index contributed by atoms with van der Waals surface area (Å²) in [5.41, 5.74) is 0. The summed E-state index contributed by atoms with van der Waals surface area (Å²) in [5, 5.41) is 9.48. The Kier molecular flexibility index (Phi) is 13.4. The number of carboxylic acids is 1. The number of carboxylic acid groups (broad SMARTS) is 1. The number of unbranched alkanes of at least 4 members (excludes halogenated alkanes) is 4. The molecule has 0 saturated heterocycles. The summed E-state index contributed by atoms with van der Waals surface area (Å²) in [5.74, 6) is -3.73. The molecule has 0 aliphatic heterocycles. The number of rotatable bonds is 13. The molecule has 0 aliphatic carbocycles. The molecule has 2 amide bonds. The third kappa shape index (κ3) is 10.3. The second kappa shape index (κ2) is 14.7. The summed E-state index contributed by atoms with van der Waals surface area (Å²) in [6.45, 7) is 5.69. The molecule has 0 aromatic carbocycles. The molecular weight excluding hydrogens is 350 g/mol. The third-order valence-corrected chi connectivity index (χ3v) is 3.71. The van der Waals surface area contributed by atoms with Crippen LogP contribution in [-0.4, -0.2) is 46.4 Å². The van der Waals surface area contributed by atoms with Gasteiger partial charge in [0.15, 0.2) is 0 Å². The number of carbonyl (C=O) groups excluding carboxylic acids is 3. The molecule has 1 unspecified atom stereocenters. The Balaban J connectivity index is 5.49. The molecule has 152 valence electrons. The highest BCUT2D eigenvalue weighted by atomic mass is 16.5. The van der Waals surface area contributed by atoms with E-state index in [0.717, 1.165) is 25.7 Å². The molecule has 0 heterocycles. The van der Waals surface area contributed by atoms with E-state index >= 15 is 0 Å². The summed E-state index contributed by atoms with van der Waals surface area (Å²) >= 11 is 0. The lowest BCUT2D eigenvalue weighted by Gasteiger charge is -2.24. The highest BCUT2D eigenvalue weighted by molar-refractivity contribution is 6.08. The first-order valence-corrected chi connectivity index (χ1v) is 9.47. The quantitative estimate of drug-likeness (QED) is 0.299. The maximum Gasteiger partial charge on any atom is 0.327 e. The number of nitrogens with zero attached hydrogens (tertiary/aromatic N) is 1. The number of amides is 2. The molecule has 0 aromatic rings. The molecule has 7 heteroatoms. The zero-order valence-electron chi connectivity index (χ0n) is 16.5. The van der Waals surface area contributed by atoms with Crippen LogP contribution in [0.1, 0.15) is 65.7 Å². The SMILES string of the molecule is CCCC/C=C/C(=O)N(C(=O)/C=C/CCCC)C(CC(=O)OCC)C(=O)O. The number of allylic oxidation sites excluding steroid dienone is 2. The van der Waals surface area contributed by atoms with Crippen LogP contribution >= 0.6 is 0 Å². The molecule has 0 spiro atoms. The average Bonchev–Trinajstić information content (AvgIpc) is 2.62. The second-order valence-electron chi connectivity index (χ2n) is 6.00. The number of aliphatic carboxylic acids is 1. The topological polar surface area (TPSA) is 101 Å². The standard InChI is InChI=1S/C20H31NO6/c1-4-7-9-11-13-17(22)21(18(23)14-12-10-8-5-2)16(20(25)26)15-19(24)27-6-3/h11-14,16H,4-10,15H2,1-3H3,(H,25,26)/b13-11+,14-12+. The Bertz CT molecular complexity index is 523. The summed E-state index contributed by atoms with van der Waals surface area (Å²) < 4.78 is 4.77. The molecule has 0 fully saturated rings. The maximum atomic E-state index is 12.5. The van der Waals surface area contributed by atoms with Gasteiger partial charge in [-0.05, 0) is 31.9 Å². The minimum absolute atomic E-state index is 0.0842. The van der Waals surface area contributed by atoms with Gasteiger partial charge in [0.2, 0.25) is 0 Å². The highest BCUT2D eigenvalue weighted by Crippen LogP contribution is 2.11. The van der Waals surface area contributed by atoms with Crippen molar-refractivity contribution < 1.29 is 29.0 Å². The number of hydrogen-bond acceptors (Lipinski definition) is 5. The van der Waals surface area contributed by atoms with Crippen molar-refractivity contribution in [2.24, 2.45) is 0 Å². The van der Waals surface area contributed by atoms with Gasteiger partial charge in [-0.3, -0.25) is 19.3 Å². The Hall–Kier alpha value is -2.44. The van der Waals surface area contributed by atoms with Crippen molar-refractivity contribution in [2.75, 3.05) is 6.61 Å². The number of imide groups is 1. The first-order valence-electron chi connectivity index (χ1n) is 9.47. The smallest absolute Gasteiger partial charge is 0.327 e. The van der Waals surface area contributed by atoms with E-state index in [1.54, 1.807) is 19.1 Å². The molecule has 7 nitrogen and oxygen atoms in total. The first-order chi connectivity index (χ1) is 12.9. The van der Waals surface area contributed by atoms with Gasteiger partial charge in [0.25, 0.3) is 11.8 Å². The molecule has 0 rings (SSSR count). The lowest BCUT2D eigenvalue weighted by molar-refractivity contribution is -0.158. The van der Waals surface area contributed by atoms with Gasteiger partial charge >= 0.3 is 11.9 Å². The largest absolute Gasteiger partial charge is 0.480 e. The number of ether oxygens (including phenoxy) is 1. The predicted molar refractivity (Wildman–Crippen MR) is 102 cm³/mol. The second-order valence-corrected chi connectivity index (χ2v) is 6.00. The Morgan fingerprint density at radius 2 is 1.41 bits per heavy atom. The van der Waals surface area contributed by atoms with Gasteiger partial charge in [-0.25, -0.2) is 4.79 Å². The summed E-state index contributed by atoms with van der Waals surface area (Å²) in [7, 11) is 0. The summed E-state index contributed by atoms with van der Waals surface area (Å²) in [6, 6.07) is -1.62. The van der Waals surface area contributed by atoms with Gasteiger partial charge in [0.1, 0.15) is 6.04 Å². The van der Waals surface area contributed by atoms with E-state index < -0.39 is 36.2 Å². The van der Waals surface area contributed by atoms with E-state index in [2.05, 4.69) is 0 Å². The molecule has 0 saturated carbocycles. The highest BCUT2D eigenvalue weighted by Gasteiger charge is 2.34. The minimum atomic E-state index is -1.62. The van der Waals surface area contributed by atoms with Crippen molar-refractivity contribution in [1.82, 2.24) is 4.90 Å². The van der Waals surface area contributed by atoms with Crippen LogP contribution in [0, 0.1) is 0 Å². The predicted octanol–water partition coefficient (Wildman–Crippen LogP) is 3.24. The molecule has 0 radical (unpaired) electrons. The fourth-order valence-corrected chi connectivity index (χ4v) is 2.26. The van der Waals surface area contributed by atoms with Crippen LogP contribution in [0.2, 0.25) is 0 Å². The maximum absolute atomic E-state index is 12.5. The van der Waals surface area contributed by atoms with E-state index in [4.69, 9.17) is 4.74 Å². The van der Waals surface area contributed by atoms with Gasteiger partial charge in [-0.1, -0.05) is 51.7 Å². The van der Waals surface area contributed by atoms with Crippen molar-refractivity contribution in [2.45, 2.75) is 71.8 Å². The van der Waals surface area contributed by atoms with Crippen molar-refractivity contribution in [3.05, 3.63) is 24.3 Å². The van der Waals surface area contributed by atoms with Crippen molar-refractivity contribution in [1.29, 1.82) is 0 Å². The number of esters is 1. The van der Waals surface area contributed by atoms with Gasteiger partial charge in [-0.15, -0.1) is 0 Å². The molecule has 1 atom stereocenters. The van der Waals surface area contributed by atoms with Crippen molar-refractivity contribution in [3.8, 4) is 0 Å². The molecule has 27 heavy (non-hydrogen) atoms. The van der Waals surface area contributed by atoms with E-state index in [9.17, 15) is 24.3 Å². The summed E-state index contributed by atoms with van der Waals surface area (Å²) in [4.78, 5) is 49.0. The van der Waals surface area contributed by atoms with Gasteiger partial charge in [0, 0.05) is 0 Å². The molecule has 0 aromatic heterocycles. The van der Waals surface area contributed by atoms with E-state index in [1.165, 1.54) is 12.2 Å². The first kappa shape index (κ1) is 24.6. The van der Waals surface area contributed by atoms with Gasteiger partial charge in [-0.2, -0.15) is 0 Å². The zero-order valence-corrected chi connectivity index (χ0v) is 16.5. The van der Waals surface area contributed by atoms with Crippen LogP contribution in [0.25, 0.3) is 0 Å². The minimum Gasteiger partial charge on any atom is -0.480 e. The molecule has 0 aliphatic rings. The number of carbonyl (C=O) groups is 4. The van der Waals surface area contributed by atoms with Crippen LogP contribution in [0.15, 0.2) is 24.3 Å². The van der Waals surface area contributed by atoms with Gasteiger partial charge in [0.05, 0.1) is 13.0 Å². The molecule has 1 N–H and O–H groups in total. The monoisotopic (exact) mass is 381 g/mol. The fourth-order valence-electron chi connectivity index (χ4n) is 2.26. The van der Waals surface area contributed by atoms with Crippen molar-refractivity contribution in [3.63, 3.8) is 0 Å². The third-order valence-electron chi connectivity index (χ3n) is 3.71. The Morgan fingerprint density at radius 1 is 0.926 bits per heavy atom. The lowest BCUT2D eigenvalue weighted by atomic mass is 10.1. The zero-order chi connectivity index (χ0) is 20.7. The van der Waals surface area contributed by atoms with Crippen LogP contribution < -0.4 is 0 Å². The number of hydrogen-bond donors (Lipinski definition) is 1. The van der Waals surface area contributed by atoms with Gasteiger partial charge < -0.3 is 9.84 Å². The fraction of sp³-hybridized carbons (Fsp3) is 0.600. The Labute approximate surface area is 161 Å². The summed E-state index contributed by atoms with van der Waals surface area (Å²) in [6.07, 6.45) is 9.93. The van der Waals surface area contributed by atoms with E-state index in [1.807, 2.05) is 13.8 Å². The van der Waals surface area contributed by atoms with E-state index in [0.29, 0.717) is 17.7 Å². The molecular formula is C20H31NO6. The van der Waals surface area contributed by atoms with Crippen molar-refractivity contribution >= 4 is 23.8 Å². The molecule has 0 bridgehead atoms. The Morgan fingerprint density at radius 3 is 1.78 bits per heavy atom. The average molecular weight is 381 g/mol. The van der Waals surface area contributed by atoms with E-state index in [-0.39, 0.29) is 6.61 Å². The normalized spacial score (nSPS) is 12.3.